The van der Waals surface area contributed by atoms with Gasteiger partial charge in [-0.25, -0.2) is 0 Å². The van der Waals surface area contributed by atoms with E-state index in [2.05, 4.69) is 19.2 Å². The normalized spacial score (nSPS) is 30.7. The fraction of sp³-hybridized carbons (Fsp3) is 0.625. The van der Waals surface area contributed by atoms with E-state index in [9.17, 15) is 13.2 Å². The molecule has 0 bridgehead atoms. The van der Waals surface area contributed by atoms with Gasteiger partial charge in [0.05, 0.1) is 11.7 Å². The first-order chi connectivity index (χ1) is 9.71. The molecule has 3 rings (SSSR count). The maximum absolute atomic E-state index is 13.0. The third-order valence-electron chi connectivity index (χ3n) is 4.97. The van der Waals surface area contributed by atoms with E-state index in [-0.39, 0.29) is 23.1 Å². The van der Waals surface area contributed by atoms with Crippen LogP contribution in [0.5, 0.6) is 0 Å². The van der Waals surface area contributed by atoms with Crippen LogP contribution in [0.25, 0.3) is 0 Å². The van der Waals surface area contributed by atoms with Gasteiger partial charge in [-0.05, 0) is 31.0 Å². The summed E-state index contributed by atoms with van der Waals surface area (Å²) in [4.78, 5) is 0. The lowest BCUT2D eigenvalue weighted by atomic mass is 9.57. The Kier molecular flexibility index (Phi) is 3.24. The Bertz CT molecular complexity index is 553. The van der Waals surface area contributed by atoms with Gasteiger partial charge in [0, 0.05) is 29.7 Å². The summed E-state index contributed by atoms with van der Waals surface area (Å²) in [5.41, 5.74) is 0.174. The summed E-state index contributed by atoms with van der Waals surface area (Å²) >= 11 is 0. The number of benzene rings is 1. The van der Waals surface area contributed by atoms with Crippen molar-refractivity contribution in [3.05, 3.63) is 29.3 Å². The molecule has 3 unspecified atom stereocenters. The van der Waals surface area contributed by atoms with E-state index < -0.39 is 11.7 Å². The van der Waals surface area contributed by atoms with Crippen LogP contribution in [-0.4, -0.2) is 18.8 Å². The summed E-state index contributed by atoms with van der Waals surface area (Å²) in [6.45, 7) is 6.45. The first-order valence-electron chi connectivity index (χ1n) is 7.27. The highest BCUT2D eigenvalue weighted by Gasteiger charge is 2.59. The second-order valence-corrected chi connectivity index (χ2v) is 6.71. The lowest BCUT2D eigenvalue weighted by Gasteiger charge is -2.55. The zero-order valence-electron chi connectivity index (χ0n) is 12.4. The standard InChI is InChI=1S/C16H20F3NO/c1-9-4-5-10(8-12(9)16(17,18)19)20-13-11-6-7-21-14(11)15(13,2)3/h4-5,8,11,13-14,20H,6-7H2,1-3H3. The maximum atomic E-state index is 13.0. The van der Waals surface area contributed by atoms with Gasteiger partial charge in [0.15, 0.2) is 0 Å². The molecule has 5 heteroatoms. The third kappa shape index (κ3) is 2.31. The number of halogens is 3. The highest BCUT2D eigenvalue weighted by molar-refractivity contribution is 5.51. The van der Waals surface area contributed by atoms with Gasteiger partial charge >= 0.3 is 6.18 Å². The summed E-state index contributed by atoms with van der Waals surface area (Å²) in [6, 6.07) is 4.63. The van der Waals surface area contributed by atoms with Crippen molar-refractivity contribution < 1.29 is 17.9 Å². The van der Waals surface area contributed by atoms with Crippen molar-refractivity contribution in [2.24, 2.45) is 11.3 Å². The van der Waals surface area contributed by atoms with E-state index in [0.29, 0.717) is 11.6 Å². The molecule has 1 N–H and O–H groups in total. The van der Waals surface area contributed by atoms with Crippen molar-refractivity contribution >= 4 is 5.69 Å². The van der Waals surface area contributed by atoms with Gasteiger partial charge < -0.3 is 10.1 Å². The average Bonchev–Trinajstić information content (AvgIpc) is 2.83. The Morgan fingerprint density at radius 3 is 2.67 bits per heavy atom. The number of ether oxygens (including phenoxy) is 1. The molecule has 1 aromatic carbocycles. The molecule has 116 valence electrons. The Hall–Kier alpha value is -1.23. The van der Waals surface area contributed by atoms with Crippen LogP contribution in [0.4, 0.5) is 18.9 Å². The first kappa shape index (κ1) is 14.7. The minimum absolute atomic E-state index is 0.0511. The molecule has 1 aliphatic carbocycles. The molecule has 1 aliphatic heterocycles. The lowest BCUT2D eigenvalue weighted by molar-refractivity contribution is -0.138. The number of anilines is 1. The van der Waals surface area contributed by atoms with E-state index in [1.807, 2.05) is 0 Å². The summed E-state index contributed by atoms with van der Waals surface area (Å²) in [5.74, 6) is 0.399. The third-order valence-corrected chi connectivity index (χ3v) is 4.97. The maximum Gasteiger partial charge on any atom is 0.416 e. The molecule has 2 nitrogen and oxygen atoms in total. The van der Waals surface area contributed by atoms with Crippen molar-refractivity contribution in [3.8, 4) is 0 Å². The van der Waals surface area contributed by atoms with Gasteiger partial charge in [-0.3, -0.25) is 0 Å². The number of alkyl halides is 3. The minimum atomic E-state index is -4.31. The number of aryl methyl sites for hydroxylation is 1. The molecule has 1 saturated carbocycles. The van der Waals surface area contributed by atoms with Crippen molar-refractivity contribution in [2.45, 2.75) is 45.5 Å². The van der Waals surface area contributed by atoms with Crippen LogP contribution in [0.2, 0.25) is 0 Å². The Balaban J connectivity index is 1.83. The largest absolute Gasteiger partial charge is 0.416 e. The summed E-state index contributed by atoms with van der Waals surface area (Å²) in [5, 5.41) is 3.30. The Morgan fingerprint density at radius 2 is 2.00 bits per heavy atom. The second-order valence-electron chi connectivity index (χ2n) is 6.71. The molecule has 1 saturated heterocycles. The van der Waals surface area contributed by atoms with Crippen LogP contribution in [0.3, 0.4) is 0 Å². The average molecular weight is 299 g/mol. The van der Waals surface area contributed by atoms with E-state index in [4.69, 9.17) is 4.74 Å². The molecular formula is C16H20F3NO. The van der Waals surface area contributed by atoms with E-state index in [0.717, 1.165) is 13.0 Å². The van der Waals surface area contributed by atoms with Gasteiger partial charge in [0.2, 0.25) is 0 Å². The Labute approximate surface area is 122 Å². The number of nitrogens with one attached hydrogen (secondary N) is 1. The number of fused-ring (bicyclic) bond motifs is 1. The zero-order chi connectivity index (χ0) is 15.4. The second kappa shape index (κ2) is 4.63. The van der Waals surface area contributed by atoms with Gasteiger partial charge in [0.1, 0.15) is 0 Å². The summed E-state index contributed by atoms with van der Waals surface area (Å²) < 4.78 is 44.7. The van der Waals surface area contributed by atoms with Crippen LogP contribution >= 0.6 is 0 Å². The van der Waals surface area contributed by atoms with Crippen LogP contribution in [0.15, 0.2) is 18.2 Å². The van der Waals surface area contributed by atoms with Crippen molar-refractivity contribution in [3.63, 3.8) is 0 Å². The minimum Gasteiger partial charge on any atom is -0.381 e. The predicted molar refractivity (Wildman–Crippen MR) is 75.2 cm³/mol. The van der Waals surface area contributed by atoms with Crippen molar-refractivity contribution in [2.75, 3.05) is 11.9 Å². The molecule has 1 heterocycles. The van der Waals surface area contributed by atoms with E-state index in [1.165, 1.54) is 19.1 Å². The Morgan fingerprint density at radius 1 is 1.29 bits per heavy atom. The van der Waals surface area contributed by atoms with Crippen molar-refractivity contribution in [1.82, 2.24) is 0 Å². The monoisotopic (exact) mass is 299 g/mol. The summed E-state index contributed by atoms with van der Waals surface area (Å²) in [6.07, 6.45) is -3.11. The van der Waals surface area contributed by atoms with Gasteiger partial charge in [0.25, 0.3) is 0 Å². The number of hydrogen-bond acceptors (Lipinski definition) is 2. The van der Waals surface area contributed by atoms with E-state index in [1.54, 1.807) is 6.07 Å². The number of hydrogen-bond donors (Lipinski definition) is 1. The quantitative estimate of drug-likeness (QED) is 0.882. The highest BCUT2D eigenvalue weighted by Crippen LogP contribution is 2.53. The molecule has 0 aromatic heterocycles. The molecule has 1 aromatic rings. The summed E-state index contributed by atoms with van der Waals surface area (Å²) in [7, 11) is 0. The smallest absolute Gasteiger partial charge is 0.381 e. The van der Waals surface area contributed by atoms with Gasteiger partial charge in [-0.2, -0.15) is 13.2 Å². The molecule has 0 amide bonds. The molecule has 21 heavy (non-hydrogen) atoms. The van der Waals surface area contributed by atoms with Crippen molar-refractivity contribution in [1.29, 1.82) is 0 Å². The first-order valence-corrected chi connectivity index (χ1v) is 7.27. The fourth-order valence-corrected chi connectivity index (χ4v) is 3.81. The van der Waals surface area contributed by atoms with Crippen LogP contribution in [0.1, 0.15) is 31.4 Å². The fourth-order valence-electron chi connectivity index (χ4n) is 3.81. The van der Waals surface area contributed by atoms with Crippen LogP contribution in [0, 0.1) is 18.3 Å². The predicted octanol–water partition coefficient (Wildman–Crippen LogP) is 4.24. The molecule has 0 radical (unpaired) electrons. The molecule has 2 fully saturated rings. The SMILES string of the molecule is Cc1ccc(NC2C3CCOC3C2(C)C)cc1C(F)(F)F. The van der Waals surface area contributed by atoms with Crippen LogP contribution in [-0.2, 0) is 10.9 Å². The molecular weight excluding hydrogens is 279 g/mol. The molecule has 0 spiro atoms. The topological polar surface area (TPSA) is 21.3 Å². The zero-order valence-corrected chi connectivity index (χ0v) is 12.4. The van der Waals surface area contributed by atoms with Gasteiger partial charge in [-0.1, -0.05) is 19.9 Å². The van der Waals surface area contributed by atoms with E-state index >= 15 is 0 Å². The number of rotatable bonds is 2. The highest BCUT2D eigenvalue weighted by atomic mass is 19.4. The lowest BCUT2D eigenvalue weighted by Crippen LogP contribution is -2.63. The molecule has 2 aliphatic rings. The van der Waals surface area contributed by atoms with Crippen LogP contribution < -0.4 is 5.32 Å². The molecule has 3 atom stereocenters. The van der Waals surface area contributed by atoms with Gasteiger partial charge in [-0.15, -0.1) is 0 Å².